The Hall–Kier alpha value is -1.65. The number of thioether (sulfide) groups is 1. The lowest BCUT2D eigenvalue weighted by Gasteiger charge is -2.11. The zero-order valence-electron chi connectivity index (χ0n) is 13.9. The summed E-state index contributed by atoms with van der Waals surface area (Å²) in [6, 6.07) is 2.64. The van der Waals surface area contributed by atoms with Crippen LogP contribution in [0.4, 0.5) is 11.4 Å². The van der Waals surface area contributed by atoms with Crippen LogP contribution in [0.1, 0.15) is 23.7 Å². The molecule has 0 bridgehead atoms. The van der Waals surface area contributed by atoms with E-state index in [1.807, 2.05) is 0 Å². The number of esters is 1. The molecule has 1 N–H and O–H groups in total. The van der Waals surface area contributed by atoms with E-state index in [0.29, 0.717) is 42.1 Å². The van der Waals surface area contributed by atoms with Crippen molar-refractivity contribution in [1.29, 1.82) is 0 Å². The van der Waals surface area contributed by atoms with Crippen LogP contribution in [-0.2, 0) is 14.3 Å². The molecule has 25 heavy (non-hydrogen) atoms. The molecule has 1 aromatic carbocycles. The molecule has 0 aliphatic heterocycles. The smallest absolute Gasteiger partial charge is 0.338 e. The van der Waals surface area contributed by atoms with Gasteiger partial charge in [0.2, 0.25) is 0 Å². The van der Waals surface area contributed by atoms with Gasteiger partial charge < -0.3 is 14.8 Å². The fraction of sp³-hybridized carbons (Fsp3) is 0.467. The zero-order valence-corrected chi connectivity index (χ0v) is 16.3. The zero-order chi connectivity index (χ0) is 18.8. The maximum atomic E-state index is 11.6. The molecule has 0 atom stereocenters. The van der Waals surface area contributed by atoms with Crippen molar-refractivity contribution in [3.63, 3.8) is 0 Å². The topological polar surface area (TPSA) is 108 Å². The highest BCUT2D eigenvalue weighted by Crippen LogP contribution is 2.34. The molecule has 1 aromatic rings. The third kappa shape index (κ3) is 7.41. The van der Waals surface area contributed by atoms with E-state index in [2.05, 4.69) is 26.0 Å². The van der Waals surface area contributed by atoms with E-state index < -0.39 is 10.9 Å². The van der Waals surface area contributed by atoms with Crippen LogP contribution in [0, 0.1) is 10.1 Å². The predicted octanol–water partition coefficient (Wildman–Crippen LogP) is 3.24. The number of carbonyl (C=O) groups excluding carboxylic acids is 2. The van der Waals surface area contributed by atoms with E-state index in [9.17, 15) is 19.7 Å². The number of nitrogens with zero attached hydrogens (tertiary/aromatic N) is 1. The van der Waals surface area contributed by atoms with Gasteiger partial charge in [-0.05, 0) is 28.4 Å². The molecule has 1 rings (SSSR count). The van der Waals surface area contributed by atoms with Crippen LogP contribution in [0.25, 0.3) is 0 Å². The van der Waals surface area contributed by atoms with Crippen LogP contribution in [0.15, 0.2) is 16.6 Å². The van der Waals surface area contributed by atoms with E-state index in [-0.39, 0.29) is 16.4 Å². The highest BCUT2D eigenvalue weighted by atomic mass is 79.9. The fourth-order valence-corrected chi connectivity index (χ4v) is 2.96. The first-order valence-electron chi connectivity index (χ1n) is 7.38. The van der Waals surface area contributed by atoms with Crippen LogP contribution in [0.5, 0.6) is 0 Å². The molecule has 138 valence electrons. The standard InChI is InChI=1S/C15H19BrN2O6S/c1-10(19)25-7-6-24-5-3-4-17-14-12(16)8-11(15(20)23-2)9-13(14)18(21)22/h8-9,17H,3-7H2,1-2H3. The number of rotatable bonds is 10. The van der Waals surface area contributed by atoms with Gasteiger partial charge in [0.05, 0.1) is 24.2 Å². The van der Waals surface area contributed by atoms with Gasteiger partial charge in [0, 0.05) is 36.4 Å². The van der Waals surface area contributed by atoms with Gasteiger partial charge >= 0.3 is 5.97 Å². The van der Waals surface area contributed by atoms with Gasteiger partial charge in [0.1, 0.15) is 5.69 Å². The second-order valence-corrected chi connectivity index (χ2v) is 6.96. The summed E-state index contributed by atoms with van der Waals surface area (Å²) in [5.41, 5.74) is 0.177. The molecule has 0 aliphatic rings. The Labute approximate surface area is 157 Å². The van der Waals surface area contributed by atoms with Crippen molar-refractivity contribution < 1.29 is 24.0 Å². The number of anilines is 1. The van der Waals surface area contributed by atoms with Crippen molar-refractivity contribution in [2.45, 2.75) is 13.3 Å². The SMILES string of the molecule is COC(=O)c1cc(Br)c(NCCCOCCSC(C)=O)c([N+](=O)[O-])c1. The Balaban J connectivity index is 2.56. The van der Waals surface area contributed by atoms with Crippen molar-refractivity contribution >= 4 is 50.2 Å². The number of hydrogen-bond donors (Lipinski definition) is 1. The van der Waals surface area contributed by atoms with Gasteiger partial charge in [-0.15, -0.1) is 0 Å². The summed E-state index contributed by atoms with van der Waals surface area (Å²) < 4.78 is 10.4. The lowest BCUT2D eigenvalue weighted by Crippen LogP contribution is -2.10. The molecule has 0 aliphatic carbocycles. The Bertz CT molecular complexity index is 641. The number of nitro benzene ring substituents is 1. The number of halogens is 1. The summed E-state index contributed by atoms with van der Waals surface area (Å²) in [6.07, 6.45) is 0.632. The van der Waals surface area contributed by atoms with Crippen molar-refractivity contribution in [2.75, 3.05) is 37.9 Å². The summed E-state index contributed by atoms with van der Waals surface area (Å²) in [4.78, 5) is 33.0. The second kappa shape index (κ2) is 11.1. The van der Waals surface area contributed by atoms with Crippen LogP contribution in [-0.4, -0.2) is 48.6 Å². The van der Waals surface area contributed by atoms with Gasteiger partial charge in [0.25, 0.3) is 5.69 Å². The van der Waals surface area contributed by atoms with E-state index >= 15 is 0 Å². The van der Waals surface area contributed by atoms with Crippen LogP contribution < -0.4 is 5.32 Å². The highest BCUT2D eigenvalue weighted by Gasteiger charge is 2.21. The lowest BCUT2D eigenvalue weighted by atomic mass is 10.1. The quantitative estimate of drug-likeness (QED) is 0.258. The van der Waals surface area contributed by atoms with Crippen molar-refractivity contribution in [3.8, 4) is 0 Å². The minimum atomic E-state index is -0.646. The van der Waals surface area contributed by atoms with Gasteiger partial charge in [-0.1, -0.05) is 11.8 Å². The number of carbonyl (C=O) groups is 2. The maximum Gasteiger partial charge on any atom is 0.338 e. The molecule has 10 heteroatoms. The van der Waals surface area contributed by atoms with Crippen molar-refractivity contribution in [3.05, 3.63) is 32.3 Å². The van der Waals surface area contributed by atoms with Gasteiger partial charge in [-0.3, -0.25) is 14.9 Å². The molecule has 0 saturated carbocycles. The van der Waals surface area contributed by atoms with Crippen LogP contribution in [0.3, 0.4) is 0 Å². The number of hydrogen-bond acceptors (Lipinski definition) is 8. The highest BCUT2D eigenvalue weighted by molar-refractivity contribution is 9.10. The van der Waals surface area contributed by atoms with E-state index in [1.54, 1.807) is 0 Å². The minimum Gasteiger partial charge on any atom is -0.465 e. The second-order valence-electron chi connectivity index (χ2n) is 4.83. The molecule has 0 saturated heterocycles. The average molecular weight is 435 g/mol. The molecule has 0 fully saturated rings. The van der Waals surface area contributed by atoms with E-state index in [1.165, 1.54) is 37.9 Å². The number of ether oxygens (including phenoxy) is 2. The van der Waals surface area contributed by atoms with Crippen LogP contribution >= 0.6 is 27.7 Å². The molecule has 0 heterocycles. The largest absolute Gasteiger partial charge is 0.465 e. The first-order valence-corrected chi connectivity index (χ1v) is 9.16. The van der Waals surface area contributed by atoms with Gasteiger partial charge in [-0.25, -0.2) is 4.79 Å². The fourth-order valence-electron chi connectivity index (χ4n) is 1.88. The molecule has 0 aromatic heterocycles. The monoisotopic (exact) mass is 434 g/mol. The van der Waals surface area contributed by atoms with Gasteiger partial charge in [-0.2, -0.15) is 0 Å². The number of nitrogens with one attached hydrogen (secondary N) is 1. The molecule has 0 radical (unpaired) electrons. The summed E-state index contributed by atoms with van der Waals surface area (Å²) in [7, 11) is 1.21. The first kappa shape index (κ1) is 21.4. The maximum absolute atomic E-state index is 11.6. The average Bonchev–Trinajstić information content (AvgIpc) is 2.56. The van der Waals surface area contributed by atoms with E-state index in [0.717, 1.165) is 0 Å². The molecule has 8 nitrogen and oxygen atoms in total. The third-order valence-electron chi connectivity index (χ3n) is 2.99. The number of benzene rings is 1. The molecule has 0 unspecified atom stereocenters. The normalized spacial score (nSPS) is 10.4. The lowest BCUT2D eigenvalue weighted by molar-refractivity contribution is -0.384. The predicted molar refractivity (Wildman–Crippen MR) is 99.2 cm³/mol. The molecular formula is C15H19BrN2O6S. The first-order chi connectivity index (χ1) is 11.9. The summed E-state index contributed by atoms with van der Waals surface area (Å²) >= 11 is 4.45. The Kier molecular flexibility index (Phi) is 9.46. The Morgan fingerprint density at radius 2 is 2.08 bits per heavy atom. The molecular weight excluding hydrogens is 416 g/mol. The van der Waals surface area contributed by atoms with E-state index in [4.69, 9.17) is 4.74 Å². The summed E-state index contributed by atoms with van der Waals surface area (Å²) in [5.74, 6) is -0.0402. The summed E-state index contributed by atoms with van der Waals surface area (Å²) in [5, 5.41) is 14.3. The van der Waals surface area contributed by atoms with Crippen molar-refractivity contribution in [2.24, 2.45) is 0 Å². The Morgan fingerprint density at radius 1 is 1.36 bits per heavy atom. The van der Waals surface area contributed by atoms with Gasteiger partial charge in [0.15, 0.2) is 5.12 Å². The Morgan fingerprint density at radius 3 is 2.68 bits per heavy atom. The number of nitro groups is 1. The molecule has 0 amide bonds. The minimum absolute atomic E-state index is 0.0535. The van der Waals surface area contributed by atoms with Crippen molar-refractivity contribution in [1.82, 2.24) is 0 Å². The number of methoxy groups -OCH3 is 1. The summed E-state index contributed by atoms with van der Waals surface area (Å²) in [6.45, 7) is 2.90. The third-order valence-corrected chi connectivity index (χ3v) is 4.39. The molecule has 0 spiro atoms. The van der Waals surface area contributed by atoms with Crippen LogP contribution in [0.2, 0.25) is 0 Å².